The van der Waals surface area contributed by atoms with Crippen molar-refractivity contribution in [1.29, 1.82) is 0 Å². The Bertz CT molecular complexity index is 1250. The molecule has 4 rings (SSSR count). The predicted octanol–water partition coefficient (Wildman–Crippen LogP) is 5.54. The lowest BCUT2D eigenvalue weighted by atomic mass is 10.0. The van der Waals surface area contributed by atoms with Crippen LogP contribution in [0.5, 0.6) is 5.75 Å². The van der Waals surface area contributed by atoms with Gasteiger partial charge in [-0.2, -0.15) is 0 Å². The van der Waals surface area contributed by atoms with Gasteiger partial charge >= 0.3 is 0 Å². The van der Waals surface area contributed by atoms with Crippen molar-refractivity contribution in [2.24, 2.45) is 4.99 Å². The molecule has 4 aromatic rings. The van der Waals surface area contributed by atoms with Gasteiger partial charge in [0.2, 0.25) is 0 Å². The number of benzene rings is 3. The highest BCUT2D eigenvalue weighted by molar-refractivity contribution is 6.04. The molecule has 31 heavy (non-hydrogen) atoms. The quantitative estimate of drug-likeness (QED) is 0.423. The lowest BCUT2D eigenvalue weighted by Crippen LogP contribution is -2.19. The summed E-state index contributed by atoms with van der Waals surface area (Å²) in [6.07, 6.45) is 0.976. The van der Waals surface area contributed by atoms with Gasteiger partial charge in [0, 0.05) is 5.56 Å². The van der Waals surface area contributed by atoms with Crippen LogP contribution in [-0.2, 0) is 6.42 Å². The molecule has 0 amide bonds. The molecule has 0 saturated heterocycles. The van der Waals surface area contributed by atoms with Gasteiger partial charge in [-0.25, -0.2) is 4.68 Å². The van der Waals surface area contributed by atoms with Gasteiger partial charge in [0.25, 0.3) is 5.56 Å². The van der Waals surface area contributed by atoms with E-state index in [0.29, 0.717) is 11.3 Å². The number of hydrogen-bond donors (Lipinski definition) is 1. The van der Waals surface area contributed by atoms with E-state index in [0.717, 1.165) is 34.8 Å². The van der Waals surface area contributed by atoms with Crippen LogP contribution in [0.15, 0.2) is 88.6 Å². The second kappa shape index (κ2) is 8.88. The number of para-hydroxylation sites is 1. The summed E-state index contributed by atoms with van der Waals surface area (Å²) in [4.78, 5) is 18.2. The van der Waals surface area contributed by atoms with E-state index in [1.165, 1.54) is 5.56 Å². The number of aromatic amines is 1. The van der Waals surface area contributed by atoms with Gasteiger partial charge in [-0.3, -0.25) is 14.9 Å². The number of nitrogens with one attached hydrogen (secondary N) is 1. The second-order valence-corrected chi connectivity index (χ2v) is 7.28. The Labute approximate surface area is 181 Å². The number of H-pyrrole nitrogens is 1. The van der Waals surface area contributed by atoms with Crippen molar-refractivity contribution >= 4 is 11.4 Å². The fourth-order valence-corrected chi connectivity index (χ4v) is 3.55. The molecular formula is C26H25N3O2. The summed E-state index contributed by atoms with van der Waals surface area (Å²) in [5, 5.41) is 3.29. The van der Waals surface area contributed by atoms with Crippen molar-refractivity contribution in [3.05, 3.63) is 100 Å². The number of nitrogens with zero attached hydrogens (tertiary/aromatic N) is 2. The number of methoxy groups -OCH3 is 1. The Morgan fingerprint density at radius 3 is 2.26 bits per heavy atom. The third-order valence-corrected chi connectivity index (χ3v) is 5.29. The minimum absolute atomic E-state index is 0.136. The highest BCUT2D eigenvalue weighted by atomic mass is 16.5. The molecular weight excluding hydrogens is 386 g/mol. The van der Waals surface area contributed by atoms with Crippen LogP contribution in [0, 0.1) is 0 Å². The van der Waals surface area contributed by atoms with Crippen LogP contribution in [0.2, 0.25) is 0 Å². The molecule has 5 nitrogen and oxygen atoms in total. The van der Waals surface area contributed by atoms with Crippen molar-refractivity contribution in [2.45, 2.75) is 20.3 Å². The van der Waals surface area contributed by atoms with E-state index in [4.69, 9.17) is 9.73 Å². The molecule has 156 valence electrons. The summed E-state index contributed by atoms with van der Waals surface area (Å²) in [5.41, 5.74) is 5.53. The lowest BCUT2D eigenvalue weighted by molar-refractivity contribution is 0.415. The van der Waals surface area contributed by atoms with Crippen LogP contribution >= 0.6 is 0 Å². The van der Waals surface area contributed by atoms with E-state index in [1.54, 1.807) is 11.8 Å². The Kier molecular flexibility index (Phi) is 5.85. The molecule has 0 fully saturated rings. The summed E-state index contributed by atoms with van der Waals surface area (Å²) in [6.45, 7) is 4.00. The summed E-state index contributed by atoms with van der Waals surface area (Å²) in [7, 11) is 1.63. The number of aromatic nitrogens is 2. The van der Waals surface area contributed by atoms with Gasteiger partial charge in [0.05, 0.1) is 35.5 Å². The van der Waals surface area contributed by atoms with E-state index in [2.05, 4.69) is 24.2 Å². The van der Waals surface area contributed by atoms with E-state index in [9.17, 15) is 4.79 Å². The molecule has 1 aromatic heterocycles. The van der Waals surface area contributed by atoms with Gasteiger partial charge in [0.15, 0.2) is 0 Å². The van der Waals surface area contributed by atoms with Gasteiger partial charge in [0.1, 0.15) is 5.75 Å². The first-order valence-electron chi connectivity index (χ1n) is 10.3. The monoisotopic (exact) mass is 411 g/mol. The van der Waals surface area contributed by atoms with E-state index < -0.39 is 0 Å². The molecule has 0 unspecified atom stereocenters. The molecule has 0 aliphatic rings. The molecule has 0 saturated carbocycles. The predicted molar refractivity (Wildman–Crippen MR) is 126 cm³/mol. The lowest BCUT2D eigenvalue weighted by Gasteiger charge is -2.05. The smallest absolute Gasteiger partial charge is 0.280 e. The zero-order valence-corrected chi connectivity index (χ0v) is 17.9. The topological polar surface area (TPSA) is 59.4 Å². The normalized spacial score (nSPS) is 11.5. The van der Waals surface area contributed by atoms with Gasteiger partial charge in [-0.1, -0.05) is 37.3 Å². The average molecular weight is 412 g/mol. The number of rotatable bonds is 6. The van der Waals surface area contributed by atoms with Crippen molar-refractivity contribution in [3.63, 3.8) is 0 Å². The van der Waals surface area contributed by atoms with Gasteiger partial charge < -0.3 is 4.74 Å². The third-order valence-electron chi connectivity index (χ3n) is 5.29. The van der Waals surface area contributed by atoms with Crippen molar-refractivity contribution in [1.82, 2.24) is 9.78 Å². The van der Waals surface area contributed by atoms with E-state index >= 15 is 0 Å². The molecule has 0 atom stereocenters. The second-order valence-electron chi connectivity index (χ2n) is 7.28. The molecule has 0 spiro atoms. The maximum atomic E-state index is 13.4. The minimum atomic E-state index is -0.136. The number of aryl methyl sites for hydroxylation is 1. The van der Waals surface area contributed by atoms with Crippen molar-refractivity contribution in [2.75, 3.05) is 7.11 Å². The zero-order valence-electron chi connectivity index (χ0n) is 17.9. The Hall–Kier alpha value is -3.86. The highest BCUT2D eigenvalue weighted by Crippen LogP contribution is 2.25. The molecule has 5 heteroatoms. The standard InChI is InChI=1S/C26H25N3O2/c1-4-19-10-14-21(15-11-19)27-18(2)24-25(20-12-16-23(31-3)17-13-20)28-29(26(24)30)22-8-6-5-7-9-22/h5-17,28H,4H2,1-3H3. The zero-order chi connectivity index (χ0) is 21.8. The SMILES string of the molecule is CCc1ccc(N=C(C)c2c(-c3ccc(OC)cc3)[nH]n(-c3ccccc3)c2=O)cc1. The highest BCUT2D eigenvalue weighted by Gasteiger charge is 2.19. The van der Waals surface area contributed by atoms with Crippen LogP contribution in [0.3, 0.4) is 0 Å². The number of ether oxygens (including phenoxy) is 1. The molecule has 0 radical (unpaired) electrons. The first-order valence-corrected chi connectivity index (χ1v) is 10.3. The maximum absolute atomic E-state index is 13.4. The fraction of sp³-hybridized carbons (Fsp3) is 0.154. The third kappa shape index (κ3) is 4.21. The summed E-state index contributed by atoms with van der Waals surface area (Å²) >= 11 is 0. The van der Waals surface area contributed by atoms with Crippen LogP contribution in [0.1, 0.15) is 25.0 Å². The van der Waals surface area contributed by atoms with Gasteiger partial charge in [-0.05, 0) is 67.4 Å². The van der Waals surface area contributed by atoms with Crippen LogP contribution in [0.4, 0.5) is 5.69 Å². The van der Waals surface area contributed by atoms with E-state index in [1.807, 2.05) is 73.7 Å². The first-order chi connectivity index (χ1) is 15.1. The summed E-state index contributed by atoms with van der Waals surface area (Å²) < 4.78 is 6.84. The van der Waals surface area contributed by atoms with Crippen LogP contribution in [-0.4, -0.2) is 22.6 Å². The average Bonchev–Trinajstić information content (AvgIpc) is 3.17. The maximum Gasteiger partial charge on any atom is 0.280 e. The molecule has 3 aromatic carbocycles. The van der Waals surface area contributed by atoms with Crippen molar-refractivity contribution in [3.8, 4) is 22.7 Å². The molecule has 0 aliphatic carbocycles. The summed E-state index contributed by atoms with van der Waals surface area (Å²) in [6, 6.07) is 25.3. The largest absolute Gasteiger partial charge is 0.497 e. The molecule has 0 bridgehead atoms. The molecule has 0 aliphatic heterocycles. The number of hydrogen-bond acceptors (Lipinski definition) is 3. The minimum Gasteiger partial charge on any atom is -0.497 e. The first kappa shape index (κ1) is 20.4. The number of aliphatic imine (C=N–C) groups is 1. The Morgan fingerprint density at radius 2 is 1.65 bits per heavy atom. The Balaban J connectivity index is 1.86. The van der Waals surface area contributed by atoms with Crippen molar-refractivity contribution < 1.29 is 4.74 Å². The molecule has 1 heterocycles. The van der Waals surface area contributed by atoms with Crippen LogP contribution < -0.4 is 10.3 Å². The molecule has 1 N–H and O–H groups in total. The van der Waals surface area contributed by atoms with E-state index in [-0.39, 0.29) is 5.56 Å². The van der Waals surface area contributed by atoms with Gasteiger partial charge in [-0.15, -0.1) is 0 Å². The summed E-state index contributed by atoms with van der Waals surface area (Å²) in [5.74, 6) is 0.761. The fourth-order valence-electron chi connectivity index (χ4n) is 3.55. The Morgan fingerprint density at radius 1 is 0.968 bits per heavy atom. The van der Waals surface area contributed by atoms with Crippen LogP contribution in [0.25, 0.3) is 16.9 Å².